The highest BCUT2D eigenvalue weighted by molar-refractivity contribution is 9.10. The number of halogens is 2. The van der Waals surface area contributed by atoms with Crippen LogP contribution in [0.2, 0.25) is 0 Å². The van der Waals surface area contributed by atoms with E-state index in [0.29, 0.717) is 15.8 Å². The zero-order valence-electron chi connectivity index (χ0n) is 10.3. The molecule has 0 saturated carbocycles. The van der Waals surface area contributed by atoms with Gasteiger partial charge in [0, 0.05) is 22.3 Å². The number of non-ortho nitro benzene ring substituents is 1. The largest absolute Gasteiger partial charge is 0.478 e. The van der Waals surface area contributed by atoms with Crippen molar-refractivity contribution in [3.8, 4) is 0 Å². The lowest BCUT2D eigenvalue weighted by molar-refractivity contribution is -0.384. The van der Waals surface area contributed by atoms with Crippen molar-refractivity contribution in [2.75, 3.05) is 5.32 Å². The molecule has 0 heterocycles. The van der Waals surface area contributed by atoms with Crippen molar-refractivity contribution in [2.24, 2.45) is 0 Å². The summed E-state index contributed by atoms with van der Waals surface area (Å²) in [6.45, 7) is 0. The van der Waals surface area contributed by atoms with Gasteiger partial charge in [-0.05, 0) is 40.2 Å². The van der Waals surface area contributed by atoms with Crippen molar-refractivity contribution in [2.45, 2.75) is 0 Å². The maximum atomic E-state index is 13.6. The second-order valence-corrected chi connectivity index (χ2v) is 4.90. The third kappa shape index (κ3) is 3.34. The van der Waals surface area contributed by atoms with Gasteiger partial charge in [-0.3, -0.25) is 10.1 Å². The molecule has 0 aliphatic heterocycles. The normalized spacial score (nSPS) is 10.2. The molecule has 6 nitrogen and oxygen atoms in total. The monoisotopic (exact) mass is 354 g/mol. The number of anilines is 2. The van der Waals surface area contributed by atoms with E-state index in [9.17, 15) is 19.3 Å². The maximum absolute atomic E-state index is 13.6. The molecule has 0 radical (unpaired) electrons. The Labute approximate surface area is 126 Å². The van der Waals surface area contributed by atoms with Crippen LogP contribution in [0.1, 0.15) is 10.4 Å². The van der Waals surface area contributed by atoms with E-state index in [2.05, 4.69) is 21.2 Å². The van der Waals surface area contributed by atoms with Crippen molar-refractivity contribution in [1.29, 1.82) is 0 Å². The SMILES string of the molecule is O=C(O)c1ccc(Nc2ccc([N+](=O)[O-])cc2Br)cc1F. The minimum atomic E-state index is -1.35. The van der Waals surface area contributed by atoms with E-state index in [-0.39, 0.29) is 5.69 Å². The fraction of sp³-hybridized carbons (Fsp3) is 0. The third-order valence-electron chi connectivity index (χ3n) is 2.64. The van der Waals surface area contributed by atoms with Gasteiger partial charge in [-0.2, -0.15) is 0 Å². The van der Waals surface area contributed by atoms with Crippen LogP contribution in [-0.4, -0.2) is 16.0 Å². The van der Waals surface area contributed by atoms with E-state index < -0.39 is 22.3 Å². The van der Waals surface area contributed by atoms with E-state index in [4.69, 9.17) is 5.11 Å². The number of carboxylic acids is 1. The molecule has 0 unspecified atom stereocenters. The van der Waals surface area contributed by atoms with Gasteiger partial charge in [0.2, 0.25) is 0 Å². The first kappa shape index (κ1) is 14.9. The number of nitro benzene ring substituents is 1. The van der Waals surface area contributed by atoms with Gasteiger partial charge in [-0.1, -0.05) is 0 Å². The first-order chi connectivity index (χ1) is 9.88. The summed E-state index contributed by atoms with van der Waals surface area (Å²) in [5, 5.41) is 22.2. The molecule has 0 spiro atoms. The molecule has 0 aliphatic rings. The van der Waals surface area contributed by atoms with Gasteiger partial charge >= 0.3 is 5.97 Å². The van der Waals surface area contributed by atoms with Crippen LogP contribution in [0, 0.1) is 15.9 Å². The smallest absolute Gasteiger partial charge is 0.338 e. The molecule has 0 saturated heterocycles. The lowest BCUT2D eigenvalue weighted by Gasteiger charge is -2.09. The highest BCUT2D eigenvalue weighted by Crippen LogP contribution is 2.30. The number of rotatable bonds is 4. The molecule has 2 N–H and O–H groups in total. The number of nitrogens with one attached hydrogen (secondary N) is 1. The third-order valence-corrected chi connectivity index (χ3v) is 3.30. The molecule has 0 aromatic heterocycles. The number of nitrogens with zero attached hydrogens (tertiary/aromatic N) is 1. The maximum Gasteiger partial charge on any atom is 0.338 e. The number of hydrogen-bond acceptors (Lipinski definition) is 4. The van der Waals surface area contributed by atoms with Crippen LogP contribution in [0.4, 0.5) is 21.5 Å². The Hall–Kier alpha value is -2.48. The second-order valence-electron chi connectivity index (χ2n) is 4.05. The summed E-state index contributed by atoms with van der Waals surface area (Å²) in [6, 6.07) is 7.65. The van der Waals surface area contributed by atoms with Crippen LogP contribution in [0.3, 0.4) is 0 Å². The Morgan fingerprint density at radius 3 is 2.52 bits per heavy atom. The van der Waals surface area contributed by atoms with Crippen LogP contribution in [0.25, 0.3) is 0 Å². The van der Waals surface area contributed by atoms with Crippen molar-refractivity contribution in [1.82, 2.24) is 0 Å². The van der Waals surface area contributed by atoms with E-state index in [1.54, 1.807) is 0 Å². The summed E-state index contributed by atoms with van der Waals surface area (Å²) in [6.07, 6.45) is 0. The first-order valence-electron chi connectivity index (χ1n) is 5.62. The van der Waals surface area contributed by atoms with Gasteiger partial charge in [0.1, 0.15) is 5.82 Å². The summed E-state index contributed by atoms with van der Waals surface area (Å²) in [4.78, 5) is 20.8. The summed E-state index contributed by atoms with van der Waals surface area (Å²) < 4.78 is 14.0. The fourth-order valence-electron chi connectivity index (χ4n) is 1.64. The molecule has 2 aromatic carbocycles. The van der Waals surface area contributed by atoms with Crippen molar-refractivity contribution in [3.05, 3.63) is 62.4 Å². The Morgan fingerprint density at radius 2 is 2.00 bits per heavy atom. The molecule has 0 atom stereocenters. The highest BCUT2D eigenvalue weighted by atomic mass is 79.9. The molecule has 0 amide bonds. The highest BCUT2D eigenvalue weighted by Gasteiger charge is 2.12. The predicted molar refractivity (Wildman–Crippen MR) is 77.4 cm³/mol. The molecule has 0 aliphatic carbocycles. The number of benzene rings is 2. The molecule has 21 heavy (non-hydrogen) atoms. The lowest BCUT2D eigenvalue weighted by Crippen LogP contribution is -2.01. The number of carboxylic acid groups (broad SMARTS) is 1. The molecule has 2 aromatic rings. The molecule has 8 heteroatoms. The number of hydrogen-bond donors (Lipinski definition) is 2. The minimum Gasteiger partial charge on any atom is -0.478 e. The van der Waals surface area contributed by atoms with Crippen LogP contribution < -0.4 is 5.32 Å². The van der Waals surface area contributed by atoms with Crippen molar-refractivity contribution < 1.29 is 19.2 Å². The summed E-state index contributed by atoms with van der Waals surface area (Å²) in [5.41, 5.74) is 0.304. The summed E-state index contributed by atoms with van der Waals surface area (Å²) in [7, 11) is 0. The average molecular weight is 355 g/mol. The number of nitro groups is 1. The van der Waals surface area contributed by atoms with Crippen molar-refractivity contribution in [3.63, 3.8) is 0 Å². The summed E-state index contributed by atoms with van der Waals surface area (Å²) >= 11 is 3.17. The average Bonchev–Trinajstić information content (AvgIpc) is 2.40. The Balaban J connectivity index is 2.28. The Kier molecular flexibility index (Phi) is 4.18. The predicted octanol–water partition coefficient (Wildman–Crippen LogP) is 3.94. The van der Waals surface area contributed by atoms with E-state index in [0.717, 1.165) is 12.1 Å². The molecular formula is C13H8BrFN2O4. The van der Waals surface area contributed by atoms with E-state index >= 15 is 0 Å². The molecule has 0 fully saturated rings. The minimum absolute atomic E-state index is 0.0835. The standard InChI is InChI=1S/C13H8BrFN2O4/c14-10-6-8(17(20)21)2-4-12(10)16-7-1-3-9(13(18)19)11(15)5-7/h1-6,16H,(H,18,19). The van der Waals surface area contributed by atoms with Gasteiger partial charge in [-0.25, -0.2) is 9.18 Å². The summed E-state index contributed by atoms with van der Waals surface area (Å²) in [5.74, 6) is -2.22. The van der Waals surface area contributed by atoms with Crippen LogP contribution >= 0.6 is 15.9 Å². The number of aromatic carboxylic acids is 1. The van der Waals surface area contributed by atoms with Gasteiger partial charge in [0.15, 0.2) is 0 Å². The topological polar surface area (TPSA) is 92.5 Å². The Morgan fingerprint density at radius 1 is 1.29 bits per heavy atom. The van der Waals surface area contributed by atoms with Gasteiger partial charge in [0.05, 0.1) is 16.2 Å². The zero-order valence-corrected chi connectivity index (χ0v) is 11.9. The van der Waals surface area contributed by atoms with Crippen LogP contribution in [0.5, 0.6) is 0 Å². The zero-order chi connectivity index (χ0) is 15.6. The lowest BCUT2D eigenvalue weighted by atomic mass is 10.2. The van der Waals surface area contributed by atoms with E-state index in [1.807, 2.05) is 0 Å². The molecular weight excluding hydrogens is 347 g/mol. The molecule has 0 bridgehead atoms. The van der Waals surface area contributed by atoms with Crippen molar-refractivity contribution >= 4 is 39.0 Å². The van der Waals surface area contributed by atoms with Gasteiger partial charge in [-0.15, -0.1) is 0 Å². The van der Waals surface area contributed by atoms with E-state index in [1.165, 1.54) is 24.3 Å². The second kappa shape index (κ2) is 5.88. The molecule has 108 valence electrons. The quantitative estimate of drug-likeness (QED) is 0.640. The van der Waals surface area contributed by atoms with Gasteiger partial charge < -0.3 is 10.4 Å². The number of carbonyl (C=O) groups is 1. The van der Waals surface area contributed by atoms with Gasteiger partial charge in [0.25, 0.3) is 5.69 Å². The Bertz CT molecular complexity index is 736. The van der Waals surface area contributed by atoms with Crippen LogP contribution in [-0.2, 0) is 0 Å². The fourth-order valence-corrected chi connectivity index (χ4v) is 2.11. The first-order valence-corrected chi connectivity index (χ1v) is 6.41. The molecule has 2 rings (SSSR count). The van der Waals surface area contributed by atoms with Crippen LogP contribution in [0.15, 0.2) is 40.9 Å².